The van der Waals surface area contributed by atoms with Gasteiger partial charge in [-0.25, -0.2) is 9.97 Å². The summed E-state index contributed by atoms with van der Waals surface area (Å²) in [4.78, 5) is 12.7. The summed E-state index contributed by atoms with van der Waals surface area (Å²) in [6.45, 7) is 1.97. The third kappa shape index (κ3) is 3.89. The van der Waals surface area contributed by atoms with Crippen LogP contribution in [0.15, 0.2) is 42.0 Å². The van der Waals surface area contributed by atoms with Crippen LogP contribution in [-0.2, 0) is 0 Å². The highest BCUT2D eigenvalue weighted by Crippen LogP contribution is 2.38. The van der Waals surface area contributed by atoms with Crippen LogP contribution < -0.4 is 10.2 Å². The zero-order valence-corrected chi connectivity index (χ0v) is 17.4. The van der Waals surface area contributed by atoms with Gasteiger partial charge < -0.3 is 15.3 Å². The van der Waals surface area contributed by atoms with Crippen molar-refractivity contribution in [2.45, 2.75) is 56.7 Å². The zero-order chi connectivity index (χ0) is 19.6. The van der Waals surface area contributed by atoms with Gasteiger partial charge in [0.15, 0.2) is 0 Å². The summed E-state index contributed by atoms with van der Waals surface area (Å²) in [5.74, 6) is 1.06. The van der Waals surface area contributed by atoms with Gasteiger partial charge in [-0.15, -0.1) is 11.3 Å². The average molecular weight is 409 g/mol. The fourth-order valence-corrected chi connectivity index (χ4v) is 5.71. The first-order valence-electron chi connectivity index (χ1n) is 10.8. The van der Waals surface area contributed by atoms with Gasteiger partial charge in [-0.2, -0.15) is 0 Å². The van der Waals surface area contributed by atoms with Gasteiger partial charge in [0.1, 0.15) is 17.0 Å². The second-order valence-corrected chi connectivity index (χ2v) is 9.14. The Morgan fingerprint density at radius 1 is 1.00 bits per heavy atom. The van der Waals surface area contributed by atoms with Crippen LogP contribution in [0.5, 0.6) is 0 Å². The van der Waals surface area contributed by atoms with E-state index >= 15 is 0 Å². The number of fused-ring (bicyclic) bond motifs is 1. The molecule has 5 nitrogen and oxygen atoms in total. The second-order valence-electron chi connectivity index (χ2n) is 8.28. The molecule has 2 atom stereocenters. The maximum absolute atomic E-state index is 10.3. The lowest BCUT2D eigenvalue weighted by molar-refractivity contribution is 0.0828. The molecule has 29 heavy (non-hydrogen) atoms. The van der Waals surface area contributed by atoms with Crippen LogP contribution in [0, 0.1) is 0 Å². The van der Waals surface area contributed by atoms with Crippen molar-refractivity contribution >= 4 is 27.4 Å². The molecule has 0 radical (unpaired) electrons. The Morgan fingerprint density at radius 3 is 2.59 bits per heavy atom. The van der Waals surface area contributed by atoms with Crippen molar-refractivity contribution in [3.63, 3.8) is 0 Å². The zero-order valence-electron chi connectivity index (χ0n) is 16.6. The quantitative estimate of drug-likeness (QED) is 0.677. The minimum atomic E-state index is -0.178. The standard InChI is InChI=1S/C23H28N4OS/c28-20-9-5-4-8-19(20)26-17-10-12-27(13-11-17)22-21-18(16-6-2-1-3-7-16)14-29-23(21)25-15-24-22/h1-3,6-7,14-15,17,19-20,26,28H,4-5,8-13H2/t19-,20+/m1/s1. The van der Waals surface area contributed by atoms with E-state index in [1.54, 1.807) is 17.7 Å². The summed E-state index contributed by atoms with van der Waals surface area (Å²) >= 11 is 1.69. The maximum Gasteiger partial charge on any atom is 0.141 e. The van der Waals surface area contributed by atoms with Gasteiger partial charge in [0.2, 0.25) is 0 Å². The van der Waals surface area contributed by atoms with E-state index in [4.69, 9.17) is 4.98 Å². The van der Waals surface area contributed by atoms with Crippen LogP contribution in [0.25, 0.3) is 21.3 Å². The highest BCUT2D eigenvalue weighted by Gasteiger charge is 2.28. The molecule has 2 aliphatic rings. The number of hydrogen-bond acceptors (Lipinski definition) is 6. The third-order valence-electron chi connectivity index (χ3n) is 6.41. The minimum Gasteiger partial charge on any atom is -0.392 e. The SMILES string of the molecule is O[C@H]1CCCC[C@H]1NC1CCN(c2ncnc3scc(-c4ccccc4)c23)CC1. The molecule has 1 aliphatic carbocycles. The van der Waals surface area contributed by atoms with E-state index in [9.17, 15) is 5.11 Å². The van der Waals surface area contributed by atoms with Crippen molar-refractivity contribution in [3.8, 4) is 11.1 Å². The Hall–Kier alpha value is -2.02. The van der Waals surface area contributed by atoms with Crippen LogP contribution in [0.1, 0.15) is 38.5 Å². The molecule has 3 heterocycles. The monoisotopic (exact) mass is 408 g/mol. The molecule has 5 rings (SSSR count). The number of anilines is 1. The molecule has 0 amide bonds. The van der Waals surface area contributed by atoms with Gasteiger partial charge >= 0.3 is 0 Å². The van der Waals surface area contributed by atoms with Crippen LogP contribution >= 0.6 is 11.3 Å². The summed E-state index contributed by atoms with van der Waals surface area (Å²) in [7, 11) is 0. The minimum absolute atomic E-state index is 0.178. The van der Waals surface area contributed by atoms with Gasteiger partial charge in [0.05, 0.1) is 11.5 Å². The summed E-state index contributed by atoms with van der Waals surface area (Å²) < 4.78 is 0. The maximum atomic E-state index is 10.3. The summed E-state index contributed by atoms with van der Waals surface area (Å²) in [5.41, 5.74) is 2.45. The predicted octanol–water partition coefficient (Wildman–Crippen LogP) is 4.22. The molecule has 1 aliphatic heterocycles. The predicted molar refractivity (Wildman–Crippen MR) is 119 cm³/mol. The first kappa shape index (κ1) is 19.0. The van der Waals surface area contributed by atoms with Crippen LogP contribution in [0.2, 0.25) is 0 Å². The Morgan fingerprint density at radius 2 is 1.79 bits per heavy atom. The van der Waals surface area contributed by atoms with Gasteiger partial charge in [-0.1, -0.05) is 43.2 Å². The Balaban J connectivity index is 1.34. The number of nitrogens with zero attached hydrogens (tertiary/aromatic N) is 3. The normalized spacial score (nSPS) is 23.6. The van der Waals surface area contributed by atoms with E-state index in [0.29, 0.717) is 6.04 Å². The number of aliphatic hydroxyl groups excluding tert-OH is 1. The van der Waals surface area contributed by atoms with E-state index in [2.05, 4.69) is 50.9 Å². The van der Waals surface area contributed by atoms with Crippen molar-refractivity contribution < 1.29 is 5.11 Å². The van der Waals surface area contributed by atoms with Crippen molar-refractivity contribution in [1.29, 1.82) is 0 Å². The van der Waals surface area contributed by atoms with Gasteiger partial charge in [0.25, 0.3) is 0 Å². The van der Waals surface area contributed by atoms with Crippen LogP contribution in [0.3, 0.4) is 0 Å². The number of hydrogen-bond donors (Lipinski definition) is 2. The van der Waals surface area contributed by atoms with Gasteiger partial charge in [-0.3, -0.25) is 0 Å². The van der Waals surface area contributed by atoms with E-state index in [1.807, 2.05) is 0 Å². The molecule has 0 bridgehead atoms. The molecular weight excluding hydrogens is 380 g/mol. The molecular formula is C23H28N4OS. The number of piperidine rings is 1. The highest BCUT2D eigenvalue weighted by atomic mass is 32.1. The van der Waals surface area contributed by atoms with Crippen molar-refractivity contribution in [2.24, 2.45) is 0 Å². The highest BCUT2D eigenvalue weighted by molar-refractivity contribution is 7.17. The summed E-state index contributed by atoms with van der Waals surface area (Å²) in [6, 6.07) is 11.3. The van der Waals surface area contributed by atoms with E-state index in [-0.39, 0.29) is 12.1 Å². The number of benzene rings is 1. The van der Waals surface area contributed by atoms with E-state index < -0.39 is 0 Å². The second kappa shape index (κ2) is 8.38. The van der Waals surface area contributed by atoms with E-state index in [1.165, 1.54) is 22.9 Å². The van der Waals surface area contributed by atoms with Gasteiger partial charge in [0, 0.05) is 36.1 Å². The molecule has 1 saturated heterocycles. The Bertz CT molecular complexity index is 952. The molecule has 0 unspecified atom stereocenters. The molecule has 0 spiro atoms. The Labute approximate surface area is 175 Å². The van der Waals surface area contributed by atoms with Crippen molar-refractivity contribution in [1.82, 2.24) is 15.3 Å². The lowest BCUT2D eigenvalue weighted by Gasteiger charge is -2.37. The molecule has 2 fully saturated rings. The number of thiophene rings is 1. The number of rotatable bonds is 4. The topological polar surface area (TPSA) is 61.3 Å². The number of aromatic nitrogens is 2. The molecule has 1 aromatic carbocycles. The first-order chi connectivity index (χ1) is 14.3. The number of nitrogens with one attached hydrogen (secondary N) is 1. The molecule has 2 N–H and O–H groups in total. The largest absolute Gasteiger partial charge is 0.392 e. The summed E-state index contributed by atoms with van der Waals surface area (Å²) in [5, 5.41) is 17.4. The fraction of sp³-hybridized carbons (Fsp3) is 0.478. The van der Waals surface area contributed by atoms with Crippen LogP contribution in [-0.4, -0.2) is 46.4 Å². The molecule has 2 aromatic heterocycles. The lowest BCUT2D eigenvalue weighted by atomic mass is 9.91. The van der Waals surface area contributed by atoms with Crippen molar-refractivity contribution in [3.05, 3.63) is 42.0 Å². The molecule has 1 saturated carbocycles. The van der Waals surface area contributed by atoms with E-state index in [0.717, 1.165) is 55.8 Å². The number of aliphatic hydroxyl groups is 1. The first-order valence-corrected chi connectivity index (χ1v) is 11.6. The molecule has 3 aromatic rings. The lowest BCUT2D eigenvalue weighted by Crippen LogP contribution is -2.51. The van der Waals surface area contributed by atoms with Crippen LogP contribution in [0.4, 0.5) is 5.82 Å². The fourth-order valence-electron chi connectivity index (χ4n) is 4.80. The third-order valence-corrected chi connectivity index (χ3v) is 7.30. The molecule has 6 heteroatoms. The smallest absolute Gasteiger partial charge is 0.141 e. The van der Waals surface area contributed by atoms with Crippen molar-refractivity contribution in [2.75, 3.05) is 18.0 Å². The molecule has 152 valence electrons. The summed E-state index contributed by atoms with van der Waals surface area (Å²) in [6.07, 6.45) is 8.12. The van der Waals surface area contributed by atoms with Gasteiger partial charge in [-0.05, 0) is 31.2 Å². The average Bonchev–Trinajstić information content (AvgIpc) is 3.21. The Kier molecular flexibility index (Phi) is 5.48.